The van der Waals surface area contributed by atoms with Crippen LogP contribution in [0.2, 0.25) is 0 Å². The van der Waals surface area contributed by atoms with E-state index >= 15 is 0 Å². The maximum Gasteiger partial charge on any atom is 0.395 e. The second-order valence-electron chi connectivity index (χ2n) is 9.33. The molecule has 1 saturated heterocycles. The van der Waals surface area contributed by atoms with Gasteiger partial charge in [0, 0.05) is 13.1 Å². The summed E-state index contributed by atoms with van der Waals surface area (Å²) in [5, 5.41) is 17.5. The molecule has 1 aliphatic rings. The third-order valence-electron chi connectivity index (χ3n) is 6.16. The van der Waals surface area contributed by atoms with E-state index in [1.54, 1.807) is 17.4 Å². The van der Waals surface area contributed by atoms with Crippen LogP contribution < -0.4 is 26.6 Å². The predicted octanol–water partition coefficient (Wildman–Crippen LogP) is 8.21. The molecule has 0 atom stereocenters. The molecule has 210 valence electrons. The summed E-state index contributed by atoms with van der Waals surface area (Å²) >= 11 is 2.51. The minimum atomic E-state index is -4.34. The van der Waals surface area contributed by atoms with Crippen molar-refractivity contribution in [3.63, 3.8) is 0 Å². The van der Waals surface area contributed by atoms with Gasteiger partial charge in [-0.15, -0.1) is 20.4 Å². The largest absolute Gasteiger partial charge is 0.395 e. The summed E-state index contributed by atoms with van der Waals surface area (Å²) in [6, 6.07) is 15.8. The summed E-state index contributed by atoms with van der Waals surface area (Å²) in [5.41, 5.74) is 18.1. The Labute approximate surface area is 237 Å². The van der Waals surface area contributed by atoms with Gasteiger partial charge in [0.25, 0.3) is 5.13 Å². The molecule has 5 rings (SSSR count). The van der Waals surface area contributed by atoms with Gasteiger partial charge in [-0.3, -0.25) is 5.43 Å². The number of alkyl halides is 3. The topological polar surface area (TPSA) is 102 Å². The van der Waals surface area contributed by atoms with E-state index in [1.165, 1.54) is 17.8 Å². The Hall–Kier alpha value is -3.91. The smallest absolute Gasteiger partial charge is 0.363 e. The number of aryl methyl sites for hydroxylation is 2. The second-order valence-corrected chi connectivity index (χ2v) is 11.4. The molecule has 4 aromatic rings. The highest BCUT2D eigenvalue weighted by molar-refractivity contribution is 7.20. The second kappa shape index (κ2) is 12.1. The monoisotopic (exact) mass is 587 g/mol. The number of halogens is 3. The van der Waals surface area contributed by atoms with Gasteiger partial charge in [-0.05, 0) is 86.3 Å². The van der Waals surface area contributed by atoms with E-state index in [0.29, 0.717) is 5.69 Å². The minimum Gasteiger partial charge on any atom is -0.363 e. The van der Waals surface area contributed by atoms with E-state index in [-0.39, 0.29) is 10.1 Å². The Bertz CT molecular complexity index is 1480. The number of hydrogen-bond acceptors (Lipinski definition) is 11. The number of hydrogen-bond donors (Lipinski definition) is 4. The summed E-state index contributed by atoms with van der Waals surface area (Å²) in [6.45, 7) is 6.16. The van der Waals surface area contributed by atoms with Gasteiger partial charge in [0.1, 0.15) is 10.0 Å². The molecule has 0 unspecified atom stereocenters. The van der Waals surface area contributed by atoms with Crippen molar-refractivity contribution in [1.82, 2.24) is 10.2 Å². The van der Waals surface area contributed by atoms with Gasteiger partial charge in [0.2, 0.25) is 0 Å². The number of thiophene rings is 1. The SMILES string of the molecule is Cc1cc(NNc2ccc(NNc3ccc(N4CCCC4)s3)cc2C)ccc1/N=N/c1nnc(CC(F)(F)F)s1. The minimum absolute atomic E-state index is 0.0772. The molecule has 2 aromatic heterocycles. The lowest BCUT2D eigenvalue weighted by Gasteiger charge is -2.15. The van der Waals surface area contributed by atoms with Crippen molar-refractivity contribution in [2.75, 3.05) is 39.7 Å². The highest BCUT2D eigenvalue weighted by Crippen LogP contribution is 2.33. The molecule has 3 heterocycles. The molecule has 0 spiro atoms. The highest BCUT2D eigenvalue weighted by atomic mass is 32.1. The number of nitrogens with one attached hydrogen (secondary N) is 4. The molecule has 0 radical (unpaired) electrons. The van der Waals surface area contributed by atoms with Gasteiger partial charge in [-0.1, -0.05) is 22.7 Å². The van der Waals surface area contributed by atoms with Crippen molar-refractivity contribution in [3.05, 3.63) is 64.7 Å². The fourth-order valence-corrected chi connectivity index (χ4v) is 5.73. The van der Waals surface area contributed by atoms with Crippen molar-refractivity contribution in [2.24, 2.45) is 10.2 Å². The molecule has 0 bridgehead atoms. The number of hydrazine groups is 2. The molecule has 9 nitrogen and oxygen atoms in total. The summed E-state index contributed by atoms with van der Waals surface area (Å²) in [5.74, 6) is 0. The lowest BCUT2D eigenvalue weighted by Crippen LogP contribution is -2.15. The molecule has 0 aliphatic carbocycles. The molecule has 4 N–H and O–H groups in total. The molecule has 0 saturated carbocycles. The molecular formula is C26H28F3N9S2. The lowest BCUT2D eigenvalue weighted by atomic mass is 10.2. The maximum absolute atomic E-state index is 12.5. The first kappa shape index (κ1) is 27.6. The van der Waals surface area contributed by atoms with Crippen LogP contribution >= 0.6 is 22.7 Å². The van der Waals surface area contributed by atoms with Gasteiger partial charge in [-0.25, -0.2) is 0 Å². The van der Waals surface area contributed by atoms with E-state index in [4.69, 9.17) is 0 Å². The zero-order valence-corrected chi connectivity index (χ0v) is 23.5. The highest BCUT2D eigenvalue weighted by Gasteiger charge is 2.29. The van der Waals surface area contributed by atoms with Crippen LogP contribution in [-0.2, 0) is 6.42 Å². The normalized spacial score (nSPS) is 13.7. The molecule has 1 aliphatic heterocycles. The number of rotatable bonds is 10. The Morgan fingerprint density at radius 3 is 2.27 bits per heavy atom. The van der Waals surface area contributed by atoms with Crippen LogP contribution in [-0.4, -0.2) is 29.5 Å². The van der Waals surface area contributed by atoms with Crippen LogP contribution in [0.25, 0.3) is 0 Å². The average molecular weight is 588 g/mol. The van der Waals surface area contributed by atoms with E-state index < -0.39 is 12.6 Å². The molecule has 0 amide bonds. The molecule has 2 aromatic carbocycles. The number of nitrogens with zero attached hydrogens (tertiary/aromatic N) is 5. The standard InChI is InChI=1S/C26H28F3N9S2/c1-16-14-19(31-34-22-9-10-24(39-22)38-11-3-4-12-38)6-7-20(16)32-30-18-5-8-21(17(2)13-18)33-36-25-37-35-23(40-25)15-26(27,28)29/h5-10,13-14,30-32,34H,3-4,11-12,15H2,1-2H3/b36-33+. The van der Waals surface area contributed by atoms with Gasteiger partial charge in [0.15, 0.2) is 0 Å². The maximum atomic E-state index is 12.5. The van der Waals surface area contributed by atoms with Crippen LogP contribution in [0.5, 0.6) is 0 Å². The van der Waals surface area contributed by atoms with Crippen molar-refractivity contribution in [2.45, 2.75) is 39.3 Å². The van der Waals surface area contributed by atoms with E-state index in [1.807, 2.05) is 44.2 Å². The predicted molar refractivity (Wildman–Crippen MR) is 156 cm³/mol. The average Bonchev–Trinajstić information content (AvgIpc) is 3.68. The quantitative estimate of drug-likeness (QED) is 0.110. The lowest BCUT2D eigenvalue weighted by molar-refractivity contribution is -0.127. The molecule has 40 heavy (non-hydrogen) atoms. The van der Waals surface area contributed by atoms with Gasteiger partial charge in [0.05, 0.1) is 34.2 Å². The van der Waals surface area contributed by atoms with Crippen LogP contribution in [0.3, 0.4) is 0 Å². The first-order chi connectivity index (χ1) is 19.2. The number of azo groups is 1. The third kappa shape index (κ3) is 7.39. The summed E-state index contributed by atoms with van der Waals surface area (Å²) in [7, 11) is 0. The Morgan fingerprint density at radius 1 is 0.825 bits per heavy atom. The van der Waals surface area contributed by atoms with Crippen LogP contribution in [0.4, 0.5) is 51.1 Å². The van der Waals surface area contributed by atoms with Crippen molar-refractivity contribution in [3.8, 4) is 0 Å². The van der Waals surface area contributed by atoms with Gasteiger partial charge in [-0.2, -0.15) is 13.2 Å². The summed E-state index contributed by atoms with van der Waals surface area (Å²) in [6.07, 6.45) is -2.94. The Kier molecular flexibility index (Phi) is 8.35. The van der Waals surface area contributed by atoms with Gasteiger partial charge >= 0.3 is 6.18 Å². The van der Waals surface area contributed by atoms with Crippen LogP contribution in [0.1, 0.15) is 29.0 Å². The zero-order chi connectivity index (χ0) is 28.1. The van der Waals surface area contributed by atoms with Crippen LogP contribution in [0, 0.1) is 13.8 Å². The summed E-state index contributed by atoms with van der Waals surface area (Å²) in [4.78, 5) is 2.42. The molecule has 1 fully saturated rings. The molecular weight excluding hydrogens is 559 g/mol. The zero-order valence-electron chi connectivity index (χ0n) is 21.8. The number of anilines is 5. The number of aromatic nitrogens is 2. The van der Waals surface area contributed by atoms with Crippen molar-refractivity contribution < 1.29 is 13.2 Å². The van der Waals surface area contributed by atoms with Gasteiger partial charge < -0.3 is 21.2 Å². The Balaban J connectivity index is 1.13. The van der Waals surface area contributed by atoms with E-state index in [2.05, 4.69) is 59.2 Å². The molecule has 14 heteroatoms. The summed E-state index contributed by atoms with van der Waals surface area (Å²) < 4.78 is 37.5. The van der Waals surface area contributed by atoms with Crippen molar-refractivity contribution in [1.29, 1.82) is 0 Å². The first-order valence-corrected chi connectivity index (χ1v) is 14.3. The number of benzene rings is 2. The Morgan fingerprint density at radius 2 is 1.55 bits per heavy atom. The van der Waals surface area contributed by atoms with Crippen LogP contribution in [0.15, 0.2) is 58.8 Å². The fraction of sp³-hybridized carbons (Fsp3) is 0.308. The van der Waals surface area contributed by atoms with E-state index in [0.717, 1.165) is 57.6 Å². The van der Waals surface area contributed by atoms with Crippen molar-refractivity contribution >= 4 is 60.6 Å². The fourth-order valence-electron chi connectivity index (χ4n) is 4.13. The third-order valence-corrected chi connectivity index (χ3v) is 8.02. The first-order valence-electron chi connectivity index (χ1n) is 12.6. The van der Waals surface area contributed by atoms with E-state index in [9.17, 15) is 13.2 Å².